The predicted molar refractivity (Wildman–Crippen MR) is 66.1 cm³/mol. The summed E-state index contributed by atoms with van der Waals surface area (Å²) in [5, 5.41) is 5.75. The molecule has 16 heavy (non-hydrogen) atoms. The predicted octanol–water partition coefficient (Wildman–Crippen LogP) is 1.44. The Morgan fingerprint density at radius 1 is 1.62 bits per heavy atom. The molecule has 0 aliphatic heterocycles. The van der Waals surface area contributed by atoms with Gasteiger partial charge in [-0.05, 0) is 12.3 Å². The summed E-state index contributed by atoms with van der Waals surface area (Å²) in [6.07, 6.45) is 0. The third-order valence-corrected chi connectivity index (χ3v) is 3.15. The Morgan fingerprint density at radius 2 is 2.25 bits per heavy atom. The van der Waals surface area contributed by atoms with Crippen LogP contribution in [0, 0.1) is 12.3 Å². The number of thiazole rings is 1. The molecule has 0 fully saturated rings. The molecule has 1 amide bonds. The number of carbonyl (C=O) groups excluding carboxylic acids is 1. The summed E-state index contributed by atoms with van der Waals surface area (Å²) in [6.45, 7) is 8.24. The molecule has 1 atom stereocenters. The first kappa shape index (κ1) is 13.1. The second kappa shape index (κ2) is 4.93. The Labute approximate surface area is 100 Å². The smallest absolute Gasteiger partial charge is 0.237 e. The molecule has 90 valence electrons. The van der Waals surface area contributed by atoms with Gasteiger partial charge >= 0.3 is 0 Å². The maximum absolute atomic E-state index is 11.7. The van der Waals surface area contributed by atoms with Crippen LogP contribution >= 0.6 is 11.3 Å². The molecular weight excluding hydrogens is 222 g/mol. The number of nitrogens with two attached hydrogens (primary N) is 1. The van der Waals surface area contributed by atoms with Gasteiger partial charge in [-0.25, -0.2) is 4.98 Å². The number of hydrogen-bond acceptors (Lipinski definition) is 4. The van der Waals surface area contributed by atoms with Crippen LogP contribution in [0.1, 0.15) is 31.5 Å². The first-order chi connectivity index (χ1) is 7.30. The largest absolute Gasteiger partial charge is 0.349 e. The van der Waals surface area contributed by atoms with Crippen LogP contribution in [-0.2, 0) is 11.3 Å². The van der Waals surface area contributed by atoms with E-state index in [1.165, 1.54) is 0 Å². The summed E-state index contributed by atoms with van der Waals surface area (Å²) in [5.41, 5.74) is 6.50. The number of nitrogens with zero attached hydrogens (tertiary/aromatic N) is 1. The normalized spacial score (nSPS) is 13.6. The van der Waals surface area contributed by atoms with Gasteiger partial charge in [0.05, 0.1) is 23.3 Å². The van der Waals surface area contributed by atoms with Gasteiger partial charge in [-0.1, -0.05) is 20.8 Å². The molecule has 0 spiro atoms. The maximum Gasteiger partial charge on any atom is 0.237 e. The van der Waals surface area contributed by atoms with E-state index in [2.05, 4.69) is 10.3 Å². The third kappa shape index (κ3) is 3.57. The van der Waals surface area contributed by atoms with E-state index in [4.69, 9.17) is 5.73 Å². The summed E-state index contributed by atoms with van der Waals surface area (Å²) in [5.74, 6) is -0.127. The summed E-state index contributed by atoms with van der Waals surface area (Å²) in [4.78, 5) is 16.0. The van der Waals surface area contributed by atoms with Gasteiger partial charge in [0.25, 0.3) is 0 Å². The van der Waals surface area contributed by atoms with E-state index < -0.39 is 6.04 Å². The van der Waals surface area contributed by atoms with E-state index in [0.717, 1.165) is 10.7 Å². The second-order valence-electron chi connectivity index (χ2n) is 4.92. The molecule has 1 heterocycles. The Balaban J connectivity index is 2.47. The third-order valence-electron chi connectivity index (χ3n) is 2.33. The molecule has 4 nitrogen and oxygen atoms in total. The van der Waals surface area contributed by atoms with Crippen LogP contribution in [0.25, 0.3) is 0 Å². The Bertz CT molecular complexity index is 368. The molecule has 1 aromatic rings. The van der Waals surface area contributed by atoms with Crippen LogP contribution in [0.4, 0.5) is 0 Å². The van der Waals surface area contributed by atoms with Crippen molar-refractivity contribution in [3.63, 3.8) is 0 Å². The zero-order chi connectivity index (χ0) is 12.3. The average Bonchev–Trinajstić information content (AvgIpc) is 2.58. The highest BCUT2D eigenvalue weighted by Gasteiger charge is 2.27. The Hall–Kier alpha value is -0.940. The van der Waals surface area contributed by atoms with Gasteiger partial charge < -0.3 is 11.1 Å². The highest BCUT2D eigenvalue weighted by Crippen LogP contribution is 2.17. The Kier molecular flexibility index (Phi) is 4.04. The van der Waals surface area contributed by atoms with Crippen LogP contribution < -0.4 is 11.1 Å². The molecule has 0 radical (unpaired) electrons. The Morgan fingerprint density at radius 3 is 2.69 bits per heavy atom. The lowest BCUT2D eigenvalue weighted by molar-refractivity contribution is -0.124. The molecule has 0 bridgehead atoms. The van der Waals surface area contributed by atoms with Crippen LogP contribution in [0.15, 0.2) is 5.38 Å². The zero-order valence-corrected chi connectivity index (χ0v) is 11.0. The topological polar surface area (TPSA) is 68.0 Å². The highest BCUT2D eigenvalue weighted by molar-refractivity contribution is 7.09. The molecule has 0 aromatic carbocycles. The molecule has 5 heteroatoms. The van der Waals surface area contributed by atoms with Gasteiger partial charge in [-0.2, -0.15) is 0 Å². The monoisotopic (exact) mass is 241 g/mol. The quantitative estimate of drug-likeness (QED) is 0.841. The lowest BCUT2D eigenvalue weighted by atomic mass is 9.87. The first-order valence-corrected chi connectivity index (χ1v) is 6.13. The van der Waals surface area contributed by atoms with Crippen LogP contribution in [0.3, 0.4) is 0 Å². The van der Waals surface area contributed by atoms with Gasteiger partial charge in [0.1, 0.15) is 0 Å². The van der Waals surface area contributed by atoms with Crippen molar-refractivity contribution < 1.29 is 4.79 Å². The van der Waals surface area contributed by atoms with E-state index in [1.54, 1.807) is 11.3 Å². The van der Waals surface area contributed by atoms with E-state index in [1.807, 2.05) is 33.1 Å². The fourth-order valence-corrected chi connectivity index (χ4v) is 1.78. The minimum absolute atomic E-state index is 0.127. The SMILES string of the molecule is Cc1nc(CNC(=O)C(N)C(C)(C)C)cs1. The minimum Gasteiger partial charge on any atom is -0.349 e. The van der Waals surface area contributed by atoms with E-state index >= 15 is 0 Å². The van der Waals surface area contributed by atoms with Crippen molar-refractivity contribution in [3.8, 4) is 0 Å². The van der Waals surface area contributed by atoms with Crippen molar-refractivity contribution in [2.24, 2.45) is 11.1 Å². The number of amides is 1. The molecule has 1 unspecified atom stereocenters. The highest BCUT2D eigenvalue weighted by atomic mass is 32.1. The molecule has 0 aliphatic rings. The number of rotatable bonds is 3. The first-order valence-electron chi connectivity index (χ1n) is 5.25. The van der Waals surface area contributed by atoms with Crippen LogP contribution in [0.2, 0.25) is 0 Å². The van der Waals surface area contributed by atoms with Gasteiger partial charge in [-0.15, -0.1) is 11.3 Å². The molecule has 0 saturated heterocycles. The standard InChI is InChI=1S/C11H19N3OS/c1-7-14-8(6-16-7)5-13-10(15)9(12)11(2,3)4/h6,9H,5,12H2,1-4H3,(H,13,15). The van der Waals surface area contributed by atoms with Crippen molar-refractivity contribution in [2.45, 2.75) is 40.3 Å². The molecule has 1 aromatic heterocycles. The zero-order valence-electron chi connectivity index (χ0n) is 10.2. The summed E-state index contributed by atoms with van der Waals surface area (Å²) in [6, 6.07) is -0.493. The number of hydrogen-bond donors (Lipinski definition) is 2. The second-order valence-corrected chi connectivity index (χ2v) is 5.98. The molecule has 3 N–H and O–H groups in total. The maximum atomic E-state index is 11.7. The number of nitrogens with one attached hydrogen (secondary N) is 1. The lowest BCUT2D eigenvalue weighted by Crippen LogP contribution is -2.48. The lowest BCUT2D eigenvalue weighted by Gasteiger charge is -2.25. The molecular formula is C11H19N3OS. The summed E-state index contributed by atoms with van der Waals surface area (Å²) < 4.78 is 0. The summed E-state index contributed by atoms with van der Waals surface area (Å²) >= 11 is 1.58. The molecule has 0 saturated carbocycles. The van der Waals surface area contributed by atoms with Gasteiger partial charge in [0.15, 0.2) is 0 Å². The van der Waals surface area contributed by atoms with Crippen molar-refractivity contribution in [1.29, 1.82) is 0 Å². The van der Waals surface area contributed by atoms with Crippen molar-refractivity contribution >= 4 is 17.2 Å². The summed E-state index contributed by atoms with van der Waals surface area (Å²) in [7, 11) is 0. The molecule has 0 aliphatic carbocycles. The molecule has 1 rings (SSSR count). The van der Waals surface area contributed by atoms with Crippen molar-refractivity contribution in [2.75, 3.05) is 0 Å². The number of carbonyl (C=O) groups is 1. The van der Waals surface area contributed by atoms with E-state index in [9.17, 15) is 4.79 Å². The number of aryl methyl sites for hydroxylation is 1. The van der Waals surface area contributed by atoms with Gasteiger partial charge in [0.2, 0.25) is 5.91 Å². The fourth-order valence-electron chi connectivity index (χ4n) is 1.17. The van der Waals surface area contributed by atoms with E-state index in [-0.39, 0.29) is 11.3 Å². The average molecular weight is 241 g/mol. The van der Waals surface area contributed by atoms with Crippen LogP contribution in [0.5, 0.6) is 0 Å². The minimum atomic E-state index is -0.493. The van der Waals surface area contributed by atoms with Crippen molar-refractivity contribution in [1.82, 2.24) is 10.3 Å². The van der Waals surface area contributed by atoms with E-state index in [0.29, 0.717) is 6.54 Å². The number of aromatic nitrogens is 1. The van der Waals surface area contributed by atoms with Crippen LogP contribution in [-0.4, -0.2) is 16.9 Å². The van der Waals surface area contributed by atoms with Crippen molar-refractivity contribution in [3.05, 3.63) is 16.1 Å². The fraction of sp³-hybridized carbons (Fsp3) is 0.636. The van der Waals surface area contributed by atoms with Gasteiger partial charge in [0, 0.05) is 5.38 Å². The van der Waals surface area contributed by atoms with Gasteiger partial charge in [-0.3, -0.25) is 4.79 Å².